The van der Waals surface area contributed by atoms with Crippen LogP contribution in [-0.4, -0.2) is 21.9 Å². The molecule has 0 atom stereocenters. The number of nitrogens with zero attached hydrogens (tertiary/aromatic N) is 3. The van der Waals surface area contributed by atoms with Gasteiger partial charge in [-0.2, -0.15) is 4.98 Å². The van der Waals surface area contributed by atoms with Gasteiger partial charge in [0, 0.05) is 12.1 Å². The summed E-state index contributed by atoms with van der Waals surface area (Å²) in [5.74, 6) is -0.549. The van der Waals surface area contributed by atoms with Gasteiger partial charge in [0.05, 0.1) is 10.6 Å². The van der Waals surface area contributed by atoms with Crippen LogP contribution in [0.5, 0.6) is 0 Å². The summed E-state index contributed by atoms with van der Waals surface area (Å²) in [4.78, 5) is 18.4. The van der Waals surface area contributed by atoms with E-state index in [2.05, 4.69) is 20.6 Å². The normalized spacial score (nSPS) is 10.3. The number of aryl methyl sites for hydroxylation is 1. The van der Waals surface area contributed by atoms with Crippen LogP contribution >= 0.6 is 11.6 Å². The van der Waals surface area contributed by atoms with Gasteiger partial charge in [-0.05, 0) is 25.1 Å². The Hall–Kier alpha value is -2.48. The van der Waals surface area contributed by atoms with E-state index in [4.69, 9.17) is 11.6 Å². The minimum absolute atomic E-state index is 0.0302. The van der Waals surface area contributed by atoms with Gasteiger partial charge in [0.2, 0.25) is 11.8 Å². The first-order chi connectivity index (χ1) is 9.92. The first-order valence-electron chi connectivity index (χ1n) is 5.85. The summed E-state index contributed by atoms with van der Waals surface area (Å²) in [6.45, 7) is 1.48. The minimum atomic E-state index is -0.640. The van der Waals surface area contributed by atoms with Crippen molar-refractivity contribution < 1.29 is 9.31 Å². The Kier molecular flexibility index (Phi) is 4.18. The van der Waals surface area contributed by atoms with E-state index in [9.17, 15) is 14.5 Å². The molecule has 0 aliphatic rings. The summed E-state index contributed by atoms with van der Waals surface area (Å²) < 4.78 is 13.8. The molecule has 0 radical (unpaired) electrons. The maximum Gasteiger partial charge on any atom is 0.332 e. The van der Waals surface area contributed by atoms with Crippen LogP contribution in [-0.2, 0) is 0 Å². The van der Waals surface area contributed by atoms with Crippen LogP contribution < -0.4 is 10.6 Å². The highest BCUT2D eigenvalue weighted by Crippen LogP contribution is 2.30. The number of hydrogen-bond donors (Lipinski definition) is 2. The zero-order valence-corrected chi connectivity index (χ0v) is 11.9. The van der Waals surface area contributed by atoms with Gasteiger partial charge in [-0.3, -0.25) is 10.1 Å². The van der Waals surface area contributed by atoms with Gasteiger partial charge in [0.15, 0.2) is 0 Å². The third-order valence-corrected chi connectivity index (χ3v) is 2.88. The van der Waals surface area contributed by atoms with Crippen molar-refractivity contribution in [3.63, 3.8) is 0 Å². The molecular formula is C12H11ClFN5O2. The summed E-state index contributed by atoms with van der Waals surface area (Å²) in [5.41, 5.74) is -0.123. The number of nitro groups is 1. The van der Waals surface area contributed by atoms with Gasteiger partial charge in [-0.1, -0.05) is 11.6 Å². The van der Waals surface area contributed by atoms with Gasteiger partial charge in [-0.25, -0.2) is 9.37 Å². The number of benzene rings is 1. The predicted octanol–water partition coefficient (Wildman–Crippen LogP) is 3.27. The van der Waals surface area contributed by atoms with Crippen molar-refractivity contribution in [2.24, 2.45) is 0 Å². The fourth-order valence-corrected chi connectivity index (χ4v) is 1.86. The van der Waals surface area contributed by atoms with E-state index in [-0.39, 0.29) is 33.9 Å². The lowest BCUT2D eigenvalue weighted by atomic mass is 10.3. The topological polar surface area (TPSA) is 93.0 Å². The van der Waals surface area contributed by atoms with Crippen LogP contribution in [0.1, 0.15) is 5.69 Å². The van der Waals surface area contributed by atoms with Crippen LogP contribution in [0.3, 0.4) is 0 Å². The fourth-order valence-electron chi connectivity index (χ4n) is 1.70. The van der Waals surface area contributed by atoms with Gasteiger partial charge in [-0.15, -0.1) is 0 Å². The van der Waals surface area contributed by atoms with Gasteiger partial charge in [0.1, 0.15) is 11.5 Å². The molecule has 2 N–H and O–H groups in total. The van der Waals surface area contributed by atoms with Crippen molar-refractivity contribution in [1.82, 2.24) is 9.97 Å². The second-order valence-corrected chi connectivity index (χ2v) is 4.52. The first kappa shape index (κ1) is 14.9. The second-order valence-electron chi connectivity index (χ2n) is 4.09. The molecule has 2 rings (SSSR count). The Labute approximate surface area is 124 Å². The highest BCUT2D eigenvalue weighted by Gasteiger charge is 2.22. The van der Waals surface area contributed by atoms with Crippen LogP contribution in [0.25, 0.3) is 0 Å². The highest BCUT2D eigenvalue weighted by molar-refractivity contribution is 6.30. The predicted molar refractivity (Wildman–Crippen MR) is 77.7 cm³/mol. The summed E-state index contributed by atoms with van der Waals surface area (Å²) >= 11 is 5.66. The standard InChI is InChI=1S/C12H11ClFN5O2/c1-6-10(19(20)21)11(18-12(15-2)16-6)17-9-4-3-7(13)5-8(9)14/h3-5H,1-2H3,(H2,15,16,17,18). The molecule has 1 aromatic carbocycles. The molecule has 0 bridgehead atoms. The van der Waals surface area contributed by atoms with Gasteiger partial charge >= 0.3 is 5.69 Å². The van der Waals surface area contributed by atoms with E-state index < -0.39 is 10.7 Å². The van der Waals surface area contributed by atoms with Crippen LogP contribution in [0.4, 0.5) is 27.5 Å². The first-order valence-corrected chi connectivity index (χ1v) is 6.23. The molecule has 0 amide bonds. The summed E-state index contributed by atoms with van der Waals surface area (Å²) in [6.07, 6.45) is 0. The molecule has 0 saturated carbocycles. The lowest BCUT2D eigenvalue weighted by Crippen LogP contribution is -2.07. The molecule has 1 heterocycles. The van der Waals surface area contributed by atoms with E-state index in [0.29, 0.717) is 0 Å². The number of halogens is 2. The van der Waals surface area contributed by atoms with Gasteiger partial charge < -0.3 is 10.6 Å². The molecule has 110 valence electrons. The van der Waals surface area contributed by atoms with Crippen molar-refractivity contribution in [2.45, 2.75) is 6.92 Å². The molecule has 2 aromatic rings. The second kappa shape index (κ2) is 5.88. The Balaban J connectivity index is 2.51. The maximum absolute atomic E-state index is 13.8. The third kappa shape index (κ3) is 3.16. The van der Waals surface area contributed by atoms with Crippen molar-refractivity contribution in [1.29, 1.82) is 0 Å². The molecule has 0 spiro atoms. The number of nitrogens with one attached hydrogen (secondary N) is 2. The van der Waals surface area contributed by atoms with Crippen molar-refractivity contribution in [3.05, 3.63) is 44.8 Å². The molecule has 21 heavy (non-hydrogen) atoms. The Morgan fingerprint density at radius 1 is 1.38 bits per heavy atom. The quantitative estimate of drug-likeness (QED) is 0.665. The minimum Gasteiger partial charge on any atom is -0.357 e. The SMILES string of the molecule is CNc1nc(C)c([N+](=O)[O-])c(Nc2ccc(Cl)cc2F)n1. The van der Waals surface area contributed by atoms with Crippen LogP contribution in [0, 0.1) is 22.9 Å². The number of anilines is 3. The number of aromatic nitrogens is 2. The van der Waals surface area contributed by atoms with E-state index >= 15 is 0 Å². The lowest BCUT2D eigenvalue weighted by Gasteiger charge is -2.10. The molecular weight excluding hydrogens is 301 g/mol. The molecule has 1 aromatic heterocycles. The average Bonchev–Trinajstić information content (AvgIpc) is 2.40. The van der Waals surface area contributed by atoms with Crippen LogP contribution in [0.15, 0.2) is 18.2 Å². The summed E-state index contributed by atoms with van der Waals surface area (Å²) in [5, 5.41) is 16.6. The molecule has 0 fully saturated rings. The molecule has 0 aliphatic carbocycles. The molecule has 0 aliphatic heterocycles. The van der Waals surface area contributed by atoms with Gasteiger partial charge in [0.25, 0.3) is 0 Å². The van der Waals surface area contributed by atoms with E-state index in [0.717, 1.165) is 6.07 Å². The van der Waals surface area contributed by atoms with Crippen molar-refractivity contribution >= 4 is 34.7 Å². The highest BCUT2D eigenvalue weighted by atomic mass is 35.5. The number of hydrogen-bond acceptors (Lipinski definition) is 6. The Morgan fingerprint density at radius 2 is 2.10 bits per heavy atom. The fraction of sp³-hybridized carbons (Fsp3) is 0.167. The van der Waals surface area contributed by atoms with Crippen LogP contribution in [0.2, 0.25) is 5.02 Å². The monoisotopic (exact) mass is 311 g/mol. The molecule has 9 heteroatoms. The van der Waals surface area contributed by atoms with Crippen molar-refractivity contribution in [2.75, 3.05) is 17.7 Å². The molecule has 7 nitrogen and oxygen atoms in total. The number of rotatable bonds is 4. The van der Waals surface area contributed by atoms with E-state index in [1.54, 1.807) is 7.05 Å². The van der Waals surface area contributed by atoms with E-state index in [1.807, 2.05) is 0 Å². The zero-order chi connectivity index (χ0) is 15.6. The average molecular weight is 312 g/mol. The largest absolute Gasteiger partial charge is 0.357 e. The molecule has 0 unspecified atom stereocenters. The van der Waals surface area contributed by atoms with E-state index in [1.165, 1.54) is 19.1 Å². The summed E-state index contributed by atoms with van der Waals surface area (Å²) in [7, 11) is 1.58. The van der Waals surface area contributed by atoms with Crippen molar-refractivity contribution in [3.8, 4) is 0 Å². The zero-order valence-electron chi connectivity index (χ0n) is 11.1. The summed E-state index contributed by atoms with van der Waals surface area (Å²) in [6, 6.07) is 3.94. The molecule has 0 saturated heterocycles. The maximum atomic E-state index is 13.8. The third-order valence-electron chi connectivity index (χ3n) is 2.65. The lowest BCUT2D eigenvalue weighted by molar-refractivity contribution is -0.385. The Bertz CT molecular complexity index is 710. The smallest absolute Gasteiger partial charge is 0.332 e. The Morgan fingerprint density at radius 3 is 2.67 bits per heavy atom.